The summed E-state index contributed by atoms with van der Waals surface area (Å²) in [7, 11) is 0. The molecule has 0 amide bonds. The molecule has 0 bridgehead atoms. The molecule has 0 radical (unpaired) electrons. The van der Waals surface area contributed by atoms with Gasteiger partial charge in [-0.15, -0.1) is 0 Å². The lowest BCUT2D eigenvalue weighted by Gasteiger charge is -1.70. The van der Waals surface area contributed by atoms with Gasteiger partial charge in [-0.3, -0.25) is 0 Å². The maximum Gasteiger partial charge on any atom is -0.0324 e. The normalized spacial score (nSPS) is 9.78. The van der Waals surface area contributed by atoms with E-state index in [1.807, 2.05) is 26.0 Å². The maximum atomic E-state index is 3.86. The average molecular weight is 144 g/mol. The highest BCUT2D eigenvalue weighted by atomic mass is 32.1. The van der Waals surface area contributed by atoms with Crippen LogP contribution in [-0.2, 0) is 0 Å². The van der Waals surface area contributed by atoms with Crippen LogP contribution < -0.4 is 0 Å². The molecular weight excluding hydrogens is 128 g/mol. The Morgan fingerprint density at radius 3 is 2.11 bits per heavy atom. The van der Waals surface area contributed by atoms with Crippen molar-refractivity contribution in [3.05, 3.63) is 23.6 Å². The Kier molecular flexibility index (Phi) is 20.2. The van der Waals surface area contributed by atoms with Gasteiger partial charge in [-0.2, -0.15) is 12.6 Å². The monoisotopic (exact) mass is 144 g/mol. The quantitative estimate of drug-likeness (QED) is 0.445. The van der Waals surface area contributed by atoms with Gasteiger partial charge in [0.05, 0.1) is 0 Å². The van der Waals surface area contributed by atoms with Gasteiger partial charge in [-0.05, 0) is 11.8 Å². The van der Waals surface area contributed by atoms with E-state index < -0.39 is 0 Å². The first-order valence-corrected chi connectivity index (χ1v) is 3.89. The van der Waals surface area contributed by atoms with Gasteiger partial charge in [0.1, 0.15) is 0 Å². The summed E-state index contributed by atoms with van der Waals surface area (Å²) in [5, 5.41) is 1.71. The molecule has 0 atom stereocenters. The van der Waals surface area contributed by atoms with Crippen LogP contribution in [0, 0.1) is 0 Å². The van der Waals surface area contributed by atoms with Crippen molar-refractivity contribution in [3.8, 4) is 0 Å². The minimum Gasteiger partial charge on any atom is -0.151 e. The first kappa shape index (κ1) is 11.6. The molecule has 0 heterocycles. The summed E-state index contributed by atoms with van der Waals surface area (Å²) >= 11 is 3.86. The summed E-state index contributed by atoms with van der Waals surface area (Å²) in [6.45, 7) is 6.10. The summed E-state index contributed by atoms with van der Waals surface area (Å²) < 4.78 is 0. The number of hydrogen-bond donors (Lipinski definition) is 1. The van der Waals surface area contributed by atoms with Gasteiger partial charge >= 0.3 is 0 Å². The number of allylic oxidation sites excluding steroid dienone is 3. The van der Waals surface area contributed by atoms with Crippen LogP contribution in [0.5, 0.6) is 0 Å². The molecule has 0 aromatic rings. The summed E-state index contributed by atoms with van der Waals surface area (Å²) in [4.78, 5) is 0. The van der Waals surface area contributed by atoms with Gasteiger partial charge in [0.15, 0.2) is 0 Å². The van der Waals surface area contributed by atoms with Crippen LogP contribution in [0.25, 0.3) is 0 Å². The van der Waals surface area contributed by atoms with Crippen molar-refractivity contribution in [1.82, 2.24) is 0 Å². The Labute approximate surface area is 64.1 Å². The van der Waals surface area contributed by atoms with Crippen molar-refractivity contribution >= 4 is 12.6 Å². The summed E-state index contributed by atoms with van der Waals surface area (Å²) in [6.07, 6.45) is 7.05. The van der Waals surface area contributed by atoms with Crippen molar-refractivity contribution in [3.63, 3.8) is 0 Å². The van der Waals surface area contributed by atoms with E-state index in [-0.39, 0.29) is 0 Å². The van der Waals surface area contributed by atoms with Crippen molar-refractivity contribution in [1.29, 1.82) is 0 Å². The highest BCUT2D eigenvalue weighted by Gasteiger charge is 1.58. The van der Waals surface area contributed by atoms with Gasteiger partial charge in [0.2, 0.25) is 0 Å². The smallest absolute Gasteiger partial charge is 0.0324 e. The van der Waals surface area contributed by atoms with Crippen molar-refractivity contribution in [2.24, 2.45) is 0 Å². The van der Waals surface area contributed by atoms with Crippen LogP contribution in [0.1, 0.15) is 27.2 Å². The van der Waals surface area contributed by atoms with E-state index in [1.54, 1.807) is 5.41 Å². The van der Waals surface area contributed by atoms with E-state index in [9.17, 15) is 0 Å². The van der Waals surface area contributed by atoms with Gasteiger partial charge < -0.3 is 0 Å². The molecule has 0 aliphatic rings. The Hall–Kier alpha value is -0.170. The number of thiol groups is 1. The fourth-order valence-electron chi connectivity index (χ4n) is 0.264. The van der Waals surface area contributed by atoms with Gasteiger partial charge in [-0.1, -0.05) is 39.0 Å². The molecule has 54 valence electrons. The maximum absolute atomic E-state index is 3.86. The van der Waals surface area contributed by atoms with Gasteiger partial charge in [-0.25, -0.2) is 0 Å². The van der Waals surface area contributed by atoms with Crippen LogP contribution in [0.2, 0.25) is 0 Å². The zero-order valence-corrected chi connectivity index (χ0v) is 7.36. The lowest BCUT2D eigenvalue weighted by Crippen LogP contribution is -1.47. The molecule has 0 N–H and O–H groups in total. The molecular formula is C8H16S. The Morgan fingerprint density at radius 2 is 1.78 bits per heavy atom. The van der Waals surface area contributed by atoms with Crippen LogP contribution in [0.15, 0.2) is 23.6 Å². The summed E-state index contributed by atoms with van der Waals surface area (Å²) in [5.74, 6) is 0. The number of rotatable bonds is 2. The molecule has 0 saturated carbocycles. The Bertz CT molecular complexity index is 72.6. The van der Waals surface area contributed by atoms with Crippen LogP contribution in [-0.4, -0.2) is 0 Å². The lowest BCUT2D eigenvalue weighted by molar-refractivity contribution is 1.22. The number of hydrogen-bond acceptors (Lipinski definition) is 1. The zero-order chi connectivity index (χ0) is 7.54. The molecule has 0 saturated heterocycles. The molecule has 0 aromatic heterocycles. The first-order chi connectivity index (χ1) is 4.41. The zero-order valence-electron chi connectivity index (χ0n) is 6.46. The molecule has 0 aromatic carbocycles. The van der Waals surface area contributed by atoms with Crippen molar-refractivity contribution < 1.29 is 0 Å². The first-order valence-electron chi connectivity index (χ1n) is 3.37. The van der Waals surface area contributed by atoms with E-state index in [0.717, 1.165) is 6.42 Å². The summed E-state index contributed by atoms with van der Waals surface area (Å²) in [5.41, 5.74) is 0. The molecule has 0 aliphatic carbocycles. The molecule has 0 spiro atoms. The Morgan fingerprint density at radius 1 is 1.22 bits per heavy atom. The minimum atomic E-state index is 1.10. The van der Waals surface area contributed by atoms with Crippen molar-refractivity contribution in [2.75, 3.05) is 0 Å². The predicted octanol–water partition coefficient (Wildman–Crippen LogP) is 3.42. The van der Waals surface area contributed by atoms with Gasteiger partial charge in [0, 0.05) is 0 Å². The Balaban J connectivity index is 0. The topological polar surface area (TPSA) is 0 Å². The molecule has 0 fully saturated rings. The fourth-order valence-corrected chi connectivity index (χ4v) is 0.364. The second-order valence-electron chi connectivity index (χ2n) is 1.18. The molecule has 1 heteroatoms. The van der Waals surface area contributed by atoms with Crippen LogP contribution in [0.4, 0.5) is 0 Å². The highest BCUT2D eigenvalue weighted by molar-refractivity contribution is 7.83. The molecule has 0 nitrogen and oxygen atoms in total. The molecule has 9 heavy (non-hydrogen) atoms. The highest BCUT2D eigenvalue weighted by Crippen LogP contribution is 1.82. The SMILES string of the molecule is CC.CC/C=C\C=C/S. The summed E-state index contributed by atoms with van der Waals surface area (Å²) in [6, 6.07) is 0. The van der Waals surface area contributed by atoms with Crippen molar-refractivity contribution in [2.45, 2.75) is 27.2 Å². The minimum absolute atomic E-state index is 1.10. The predicted molar refractivity (Wildman–Crippen MR) is 48.9 cm³/mol. The van der Waals surface area contributed by atoms with Crippen LogP contribution in [0.3, 0.4) is 0 Å². The van der Waals surface area contributed by atoms with E-state index in [4.69, 9.17) is 0 Å². The second-order valence-corrected chi connectivity index (χ2v) is 1.48. The molecule has 0 rings (SSSR count). The third-order valence-corrected chi connectivity index (χ3v) is 0.741. The average Bonchev–Trinajstić information content (AvgIpc) is 1.94. The third-order valence-electron chi connectivity index (χ3n) is 0.569. The van der Waals surface area contributed by atoms with E-state index in [1.165, 1.54) is 0 Å². The largest absolute Gasteiger partial charge is 0.151 e. The molecule has 0 unspecified atom stereocenters. The van der Waals surface area contributed by atoms with E-state index >= 15 is 0 Å². The second kappa shape index (κ2) is 15.7. The van der Waals surface area contributed by atoms with Gasteiger partial charge in [0.25, 0.3) is 0 Å². The van der Waals surface area contributed by atoms with E-state index in [0.29, 0.717) is 0 Å². The van der Waals surface area contributed by atoms with Crippen LogP contribution >= 0.6 is 12.6 Å². The van der Waals surface area contributed by atoms with E-state index in [2.05, 4.69) is 25.6 Å². The third kappa shape index (κ3) is 18.1. The standard InChI is InChI=1S/C6H10S.C2H6/c1-2-3-4-5-6-7;1-2/h3-7H,2H2,1H3;1-2H3/b4-3-,6-5-;. The lowest BCUT2D eigenvalue weighted by atomic mass is 10.4. The fraction of sp³-hybridized carbons (Fsp3) is 0.500. The molecule has 0 aliphatic heterocycles.